The van der Waals surface area contributed by atoms with Crippen LogP contribution in [-0.2, 0) is 11.2 Å². The molecule has 0 unspecified atom stereocenters. The van der Waals surface area contributed by atoms with Crippen molar-refractivity contribution in [2.24, 2.45) is 0 Å². The molecule has 2 aromatic carbocycles. The van der Waals surface area contributed by atoms with Gasteiger partial charge in [0.2, 0.25) is 5.91 Å². The van der Waals surface area contributed by atoms with Crippen molar-refractivity contribution >= 4 is 28.9 Å². The quantitative estimate of drug-likeness (QED) is 0.714. The number of β-amino-alcohol motifs (C(OH)–C–C–N with tert-alkyl or cyclic N) is 1. The van der Waals surface area contributed by atoms with Crippen LogP contribution < -0.4 is 15.0 Å². The summed E-state index contributed by atoms with van der Waals surface area (Å²) in [6.45, 7) is 7.00. The summed E-state index contributed by atoms with van der Waals surface area (Å²) in [5.41, 5.74) is 3.10. The Morgan fingerprint density at radius 3 is 2.55 bits per heavy atom. The summed E-state index contributed by atoms with van der Waals surface area (Å²) < 4.78 is 5.86. The third kappa shape index (κ3) is 5.32. The molecule has 1 saturated heterocycles. The van der Waals surface area contributed by atoms with Crippen LogP contribution in [0.4, 0.5) is 11.4 Å². The van der Waals surface area contributed by atoms with Gasteiger partial charge in [-0.15, -0.1) is 0 Å². The Labute approximate surface area is 188 Å². The average molecular weight is 444 g/mol. The van der Waals surface area contributed by atoms with Gasteiger partial charge in [0.1, 0.15) is 18.5 Å². The van der Waals surface area contributed by atoms with Gasteiger partial charge >= 0.3 is 0 Å². The average Bonchev–Trinajstić information content (AvgIpc) is 2.75. The Morgan fingerprint density at radius 2 is 1.84 bits per heavy atom. The lowest BCUT2D eigenvalue weighted by atomic mass is 10.0. The summed E-state index contributed by atoms with van der Waals surface area (Å²) in [5.74, 6) is 0.776. The van der Waals surface area contributed by atoms with Crippen molar-refractivity contribution in [1.82, 2.24) is 4.90 Å². The van der Waals surface area contributed by atoms with E-state index in [1.54, 1.807) is 0 Å². The third-order valence-electron chi connectivity index (χ3n) is 6.13. The topological polar surface area (TPSA) is 65.0 Å². The smallest absolute Gasteiger partial charge is 0.224 e. The van der Waals surface area contributed by atoms with Gasteiger partial charge in [-0.1, -0.05) is 11.6 Å². The Balaban J connectivity index is 1.30. The highest BCUT2D eigenvalue weighted by Crippen LogP contribution is 2.27. The molecule has 7 heteroatoms. The fraction of sp³-hybridized carbons (Fsp3) is 0.458. The summed E-state index contributed by atoms with van der Waals surface area (Å²) in [5, 5.41) is 14.3. The Bertz CT molecular complexity index is 909. The van der Waals surface area contributed by atoms with Gasteiger partial charge in [0.05, 0.1) is 0 Å². The van der Waals surface area contributed by atoms with E-state index in [1.807, 2.05) is 30.3 Å². The minimum absolute atomic E-state index is 0.0518. The maximum atomic E-state index is 11.5. The number of piperazine rings is 1. The predicted molar refractivity (Wildman–Crippen MR) is 124 cm³/mol. The molecule has 1 fully saturated rings. The van der Waals surface area contributed by atoms with Gasteiger partial charge in [-0.25, -0.2) is 0 Å². The van der Waals surface area contributed by atoms with Gasteiger partial charge in [-0.2, -0.15) is 0 Å². The van der Waals surface area contributed by atoms with E-state index >= 15 is 0 Å². The van der Waals surface area contributed by atoms with E-state index in [0.717, 1.165) is 35.1 Å². The number of aryl methyl sites for hydroxylation is 1. The first kappa shape index (κ1) is 21.9. The van der Waals surface area contributed by atoms with E-state index in [4.69, 9.17) is 16.3 Å². The highest BCUT2D eigenvalue weighted by Gasteiger charge is 2.31. The lowest BCUT2D eigenvalue weighted by molar-refractivity contribution is -0.116. The molecule has 0 spiro atoms. The number of nitrogens with zero attached hydrogens (tertiary/aromatic N) is 2. The first-order chi connectivity index (χ1) is 14.9. The molecular weight excluding hydrogens is 414 g/mol. The number of anilines is 2. The highest BCUT2D eigenvalue weighted by atomic mass is 35.5. The van der Waals surface area contributed by atoms with Crippen LogP contribution in [0.15, 0.2) is 42.5 Å². The number of nitrogens with one attached hydrogen (secondary N) is 1. The summed E-state index contributed by atoms with van der Waals surface area (Å²) in [6.07, 6.45) is 0.632. The maximum absolute atomic E-state index is 11.5. The van der Waals surface area contributed by atoms with Crippen LogP contribution in [0.5, 0.6) is 5.75 Å². The molecule has 0 saturated carbocycles. The minimum atomic E-state index is -0.581. The second-order valence-corrected chi connectivity index (χ2v) is 9.04. The molecule has 6 nitrogen and oxygen atoms in total. The number of benzene rings is 2. The largest absolute Gasteiger partial charge is 0.491 e. The number of fused-ring (bicyclic) bond motifs is 1. The van der Waals surface area contributed by atoms with Gasteiger partial charge < -0.3 is 20.1 Å². The van der Waals surface area contributed by atoms with Gasteiger partial charge in [0, 0.05) is 54.5 Å². The molecule has 0 radical (unpaired) electrons. The highest BCUT2D eigenvalue weighted by molar-refractivity contribution is 6.30. The number of amides is 1. The van der Waals surface area contributed by atoms with Crippen molar-refractivity contribution in [3.05, 3.63) is 53.1 Å². The van der Waals surface area contributed by atoms with Crippen LogP contribution in [0.2, 0.25) is 5.02 Å². The van der Waals surface area contributed by atoms with Gasteiger partial charge in [-0.05, 0) is 68.3 Å². The van der Waals surface area contributed by atoms with E-state index in [1.165, 1.54) is 5.69 Å². The third-order valence-corrected chi connectivity index (χ3v) is 6.38. The summed E-state index contributed by atoms with van der Waals surface area (Å²) in [7, 11) is 0. The van der Waals surface area contributed by atoms with Crippen LogP contribution in [0.1, 0.15) is 25.8 Å². The van der Waals surface area contributed by atoms with E-state index in [-0.39, 0.29) is 12.5 Å². The first-order valence-electron chi connectivity index (χ1n) is 10.9. The zero-order valence-corrected chi connectivity index (χ0v) is 18.8. The van der Waals surface area contributed by atoms with Crippen LogP contribution in [0.3, 0.4) is 0 Å². The summed E-state index contributed by atoms with van der Waals surface area (Å²) in [4.78, 5) is 16.2. The number of carbonyl (C=O) groups is 1. The van der Waals surface area contributed by atoms with E-state index in [9.17, 15) is 9.90 Å². The normalized spacial score (nSPS) is 22.6. The lowest BCUT2D eigenvalue weighted by Gasteiger charge is -2.46. The van der Waals surface area contributed by atoms with Gasteiger partial charge in [-0.3, -0.25) is 9.69 Å². The molecule has 4 rings (SSSR count). The molecule has 2 aromatic rings. The SMILES string of the molecule is C[C@@H]1CN(c2ccc(Cl)cc2)C[C@H](C)N1C[C@@H](O)COc1ccc2c(c1)CCC(=O)N2. The number of rotatable bonds is 6. The maximum Gasteiger partial charge on any atom is 0.224 e. The molecular formula is C24H30ClN3O3. The minimum Gasteiger partial charge on any atom is -0.491 e. The van der Waals surface area contributed by atoms with Crippen LogP contribution >= 0.6 is 11.6 Å². The Kier molecular flexibility index (Phi) is 6.70. The molecule has 2 N–H and O–H groups in total. The molecule has 1 amide bonds. The molecule has 0 aliphatic carbocycles. The zero-order valence-electron chi connectivity index (χ0n) is 18.1. The molecule has 2 heterocycles. The second kappa shape index (κ2) is 9.47. The van der Waals surface area contributed by atoms with Crippen LogP contribution in [-0.4, -0.2) is 60.3 Å². The number of hydrogen-bond acceptors (Lipinski definition) is 5. The van der Waals surface area contributed by atoms with Crippen molar-refractivity contribution < 1.29 is 14.6 Å². The molecule has 3 atom stereocenters. The standard InChI is InChI=1S/C24H30ClN3O3/c1-16-12-27(20-6-4-19(25)5-7-20)13-17(2)28(16)14-21(29)15-31-22-8-9-23-18(11-22)3-10-24(30)26-23/h4-9,11,16-17,21,29H,3,10,12-15H2,1-2H3,(H,26,30)/t16-,17+,21-/m1/s1. The van der Waals surface area contributed by atoms with Gasteiger partial charge in [0.25, 0.3) is 0 Å². The summed E-state index contributed by atoms with van der Waals surface area (Å²) in [6, 6.07) is 14.2. The van der Waals surface area contributed by atoms with Crippen molar-refractivity contribution in [3.63, 3.8) is 0 Å². The molecule has 0 aromatic heterocycles. The number of ether oxygens (including phenoxy) is 1. The van der Waals surface area contributed by atoms with Crippen molar-refractivity contribution in [2.75, 3.05) is 36.5 Å². The molecule has 31 heavy (non-hydrogen) atoms. The Morgan fingerprint density at radius 1 is 1.13 bits per heavy atom. The van der Waals surface area contributed by atoms with E-state index in [0.29, 0.717) is 31.5 Å². The Hall–Kier alpha value is -2.28. The molecule has 166 valence electrons. The predicted octanol–water partition coefficient (Wildman–Crippen LogP) is 3.56. The number of hydrogen-bond donors (Lipinski definition) is 2. The fourth-order valence-electron chi connectivity index (χ4n) is 4.52. The number of aliphatic hydroxyl groups excluding tert-OH is 1. The first-order valence-corrected chi connectivity index (χ1v) is 11.3. The van der Waals surface area contributed by atoms with Crippen molar-refractivity contribution in [1.29, 1.82) is 0 Å². The fourth-order valence-corrected chi connectivity index (χ4v) is 4.64. The second-order valence-electron chi connectivity index (χ2n) is 8.61. The lowest BCUT2D eigenvalue weighted by Crippen LogP contribution is -2.58. The number of aliphatic hydroxyl groups is 1. The zero-order chi connectivity index (χ0) is 22.0. The number of halogens is 1. The van der Waals surface area contributed by atoms with E-state index in [2.05, 4.69) is 41.1 Å². The monoisotopic (exact) mass is 443 g/mol. The summed E-state index contributed by atoms with van der Waals surface area (Å²) >= 11 is 6.02. The van der Waals surface area contributed by atoms with Crippen LogP contribution in [0, 0.1) is 0 Å². The molecule has 2 aliphatic heterocycles. The van der Waals surface area contributed by atoms with Crippen molar-refractivity contribution in [2.45, 2.75) is 44.9 Å². The van der Waals surface area contributed by atoms with Gasteiger partial charge in [0.15, 0.2) is 0 Å². The van der Waals surface area contributed by atoms with Crippen molar-refractivity contribution in [3.8, 4) is 5.75 Å². The van der Waals surface area contributed by atoms with Crippen LogP contribution in [0.25, 0.3) is 0 Å². The van der Waals surface area contributed by atoms with E-state index < -0.39 is 6.10 Å². The molecule has 0 bridgehead atoms. The number of carbonyl (C=O) groups excluding carboxylic acids is 1. The molecule has 2 aliphatic rings.